The highest BCUT2D eigenvalue weighted by Gasteiger charge is 2.22. The molecular formula is C7H11ClOS. The maximum atomic E-state index is 10.7. The number of carbonyl (C=O) groups excluding carboxylic acids is 1. The number of hydrogen-bond acceptors (Lipinski definition) is 1. The summed E-state index contributed by atoms with van der Waals surface area (Å²) < 4.78 is 0. The molecule has 0 unspecified atom stereocenters. The van der Waals surface area contributed by atoms with Gasteiger partial charge in [-0.3, -0.25) is 4.79 Å². The second-order valence-corrected chi connectivity index (χ2v) is 3.85. The summed E-state index contributed by atoms with van der Waals surface area (Å²) in [5.74, 6) is 0.179. The molecule has 0 aromatic rings. The van der Waals surface area contributed by atoms with Crippen molar-refractivity contribution >= 4 is 29.3 Å². The van der Waals surface area contributed by atoms with Crippen LogP contribution in [0, 0.1) is 5.92 Å². The molecule has 1 fully saturated rings. The van der Waals surface area contributed by atoms with Gasteiger partial charge in [-0.2, -0.15) is 0 Å². The van der Waals surface area contributed by atoms with Gasteiger partial charge >= 0.3 is 0 Å². The Bertz CT molecular complexity index is 130. The standard InChI is InChI=1S/C7H11ClOS/c8-6-3-1-5(2-4-6)7(9)10/h5-6H,1-4H2,(H,9,10). The normalized spacial score (nSPS) is 33.8. The number of rotatable bonds is 1. The van der Waals surface area contributed by atoms with Gasteiger partial charge in [0.15, 0.2) is 5.12 Å². The van der Waals surface area contributed by atoms with Crippen LogP contribution in [0.5, 0.6) is 0 Å². The third-order valence-corrected chi connectivity index (χ3v) is 2.81. The van der Waals surface area contributed by atoms with Crippen molar-refractivity contribution in [3.05, 3.63) is 0 Å². The molecule has 0 amide bonds. The first-order valence-electron chi connectivity index (χ1n) is 3.57. The smallest absolute Gasteiger partial charge is 0.188 e. The van der Waals surface area contributed by atoms with Crippen LogP contribution in [0.25, 0.3) is 0 Å². The minimum absolute atomic E-state index is 0.0311. The first-order valence-corrected chi connectivity index (χ1v) is 4.45. The lowest BCUT2D eigenvalue weighted by molar-refractivity contribution is -0.114. The largest absolute Gasteiger partial charge is 0.287 e. The van der Waals surface area contributed by atoms with Crippen LogP contribution in [-0.4, -0.2) is 10.5 Å². The second-order valence-electron chi connectivity index (χ2n) is 2.79. The molecule has 1 rings (SSSR count). The monoisotopic (exact) mass is 178 g/mol. The van der Waals surface area contributed by atoms with E-state index in [1.165, 1.54) is 0 Å². The van der Waals surface area contributed by atoms with Gasteiger partial charge in [-0.15, -0.1) is 24.2 Å². The molecule has 0 aromatic heterocycles. The topological polar surface area (TPSA) is 17.1 Å². The maximum absolute atomic E-state index is 10.7. The van der Waals surface area contributed by atoms with Gasteiger partial charge in [0.25, 0.3) is 0 Å². The molecule has 0 saturated heterocycles. The Morgan fingerprint density at radius 3 is 2.20 bits per heavy atom. The van der Waals surface area contributed by atoms with E-state index < -0.39 is 0 Å². The molecule has 1 nitrogen and oxygen atoms in total. The Labute approximate surface area is 71.5 Å². The summed E-state index contributed by atoms with van der Waals surface area (Å²) in [5, 5.41) is 0.326. The molecule has 0 heterocycles. The molecule has 58 valence electrons. The van der Waals surface area contributed by atoms with Crippen LogP contribution in [-0.2, 0) is 4.79 Å². The van der Waals surface area contributed by atoms with E-state index >= 15 is 0 Å². The fraction of sp³-hybridized carbons (Fsp3) is 0.857. The molecule has 0 N–H and O–H groups in total. The van der Waals surface area contributed by atoms with Crippen LogP contribution in [0.3, 0.4) is 0 Å². The zero-order chi connectivity index (χ0) is 7.56. The van der Waals surface area contributed by atoms with Crippen molar-refractivity contribution in [3.8, 4) is 0 Å². The summed E-state index contributed by atoms with van der Waals surface area (Å²) in [6, 6.07) is 0. The predicted molar refractivity (Wildman–Crippen MR) is 45.6 cm³/mol. The molecule has 3 heteroatoms. The molecule has 1 aliphatic carbocycles. The number of thiol groups is 1. The molecule has 10 heavy (non-hydrogen) atoms. The van der Waals surface area contributed by atoms with Crippen LogP contribution < -0.4 is 0 Å². The van der Waals surface area contributed by atoms with Crippen molar-refractivity contribution < 1.29 is 4.79 Å². The minimum Gasteiger partial charge on any atom is -0.287 e. The van der Waals surface area contributed by atoms with E-state index in [9.17, 15) is 4.79 Å². The third kappa shape index (κ3) is 2.17. The van der Waals surface area contributed by atoms with Gasteiger partial charge in [-0.25, -0.2) is 0 Å². The van der Waals surface area contributed by atoms with Gasteiger partial charge in [0.1, 0.15) is 0 Å². The van der Waals surface area contributed by atoms with Crippen LogP contribution in [0.2, 0.25) is 0 Å². The Balaban J connectivity index is 2.33. The summed E-state index contributed by atoms with van der Waals surface area (Å²) in [5.41, 5.74) is 0. The number of hydrogen-bond donors (Lipinski definition) is 1. The van der Waals surface area contributed by atoms with E-state index in [0.717, 1.165) is 25.7 Å². The average Bonchev–Trinajstić information content (AvgIpc) is 1.88. The zero-order valence-corrected chi connectivity index (χ0v) is 7.37. The summed E-state index contributed by atoms with van der Waals surface area (Å²) in [6.45, 7) is 0. The van der Waals surface area contributed by atoms with Crippen LogP contribution in [0.4, 0.5) is 0 Å². The highest BCUT2D eigenvalue weighted by molar-refractivity contribution is 7.96. The van der Waals surface area contributed by atoms with E-state index in [0.29, 0.717) is 5.38 Å². The van der Waals surface area contributed by atoms with E-state index in [2.05, 4.69) is 12.6 Å². The third-order valence-electron chi connectivity index (χ3n) is 2.01. The number of carbonyl (C=O) groups is 1. The summed E-state index contributed by atoms with van der Waals surface area (Å²) in [4.78, 5) is 10.7. The van der Waals surface area contributed by atoms with Crippen molar-refractivity contribution in [1.29, 1.82) is 0 Å². The van der Waals surface area contributed by atoms with E-state index in [1.54, 1.807) is 0 Å². The lowest BCUT2D eigenvalue weighted by atomic mass is 9.90. The van der Waals surface area contributed by atoms with Crippen LogP contribution in [0.1, 0.15) is 25.7 Å². The van der Waals surface area contributed by atoms with E-state index in [4.69, 9.17) is 11.6 Å². The Hall–Kier alpha value is 0.310. The zero-order valence-electron chi connectivity index (χ0n) is 5.72. The molecule has 0 aromatic carbocycles. The summed E-state index contributed by atoms with van der Waals surface area (Å²) in [6.07, 6.45) is 3.80. The molecule has 0 bridgehead atoms. The Morgan fingerprint density at radius 1 is 1.30 bits per heavy atom. The fourth-order valence-electron chi connectivity index (χ4n) is 1.30. The lowest BCUT2D eigenvalue weighted by Crippen LogP contribution is -2.18. The molecule has 0 aliphatic heterocycles. The van der Waals surface area contributed by atoms with Gasteiger partial charge in [0.05, 0.1) is 0 Å². The first kappa shape index (κ1) is 8.41. The lowest BCUT2D eigenvalue weighted by Gasteiger charge is -2.21. The van der Waals surface area contributed by atoms with Crippen molar-refractivity contribution in [1.82, 2.24) is 0 Å². The minimum atomic E-state index is 0.0311. The maximum Gasteiger partial charge on any atom is 0.188 e. The number of halogens is 1. The Morgan fingerprint density at radius 2 is 1.80 bits per heavy atom. The average molecular weight is 179 g/mol. The Kier molecular flexibility index (Phi) is 3.05. The molecule has 0 spiro atoms. The van der Waals surface area contributed by atoms with Crippen LogP contribution in [0.15, 0.2) is 0 Å². The van der Waals surface area contributed by atoms with Gasteiger partial charge in [-0.1, -0.05) is 0 Å². The van der Waals surface area contributed by atoms with Crippen LogP contribution >= 0.6 is 24.2 Å². The van der Waals surface area contributed by atoms with E-state index in [-0.39, 0.29) is 11.0 Å². The molecule has 0 atom stereocenters. The molecule has 1 saturated carbocycles. The van der Waals surface area contributed by atoms with Crippen molar-refractivity contribution in [2.24, 2.45) is 5.92 Å². The second kappa shape index (κ2) is 3.63. The highest BCUT2D eigenvalue weighted by atomic mass is 35.5. The van der Waals surface area contributed by atoms with Crippen molar-refractivity contribution in [2.45, 2.75) is 31.1 Å². The quantitative estimate of drug-likeness (QED) is 0.482. The SMILES string of the molecule is O=C(S)C1CCC(Cl)CC1. The number of alkyl halides is 1. The predicted octanol–water partition coefficient (Wildman–Crippen LogP) is 2.24. The summed E-state index contributed by atoms with van der Waals surface area (Å²) in [7, 11) is 0. The van der Waals surface area contributed by atoms with Crippen molar-refractivity contribution in [2.75, 3.05) is 0 Å². The molecular weight excluding hydrogens is 168 g/mol. The van der Waals surface area contributed by atoms with Gasteiger partial charge in [-0.05, 0) is 25.7 Å². The van der Waals surface area contributed by atoms with Gasteiger partial charge in [0, 0.05) is 11.3 Å². The highest BCUT2D eigenvalue weighted by Crippen LogP contribution is 2.28. The van der Waals surface area contributed by atoms with Crippen molar-refractivity contribution in [3.63, 3.8) is 0 Å². The van der Waals surface area contributed by atoms with E-state index in [1.807, 2.05) is 0 Å². The first-order chi connectivity index (χ1) is 4.70. The molecule has 0 radical (unpaired) electrons. The molecule has 1 aliphatic rings. The van der Waals surface area contributed by atoms with Gasteiger partial charge < -0.3 is 0 Å². The summed E-state index contributed by atoms with van der Waals surface area (Å²) >= 11 is 9.64. The van der Waals surface area contributed by atoms with Gasteiger partial charge in [0.2, 0.25) is 0 Å². The fourth-order valence-corrected chi connectivity index (χ4v) is 1.81.